The molecule has 0 amide bonds. The summed E-state index contributed by atoms with van der Waals surface area (Å²) < 4.78 is 46.6. The second-order valence-corrected chi connectivity index (χ2v) is 4.89. The van der Waals surface area contributed by atoms with E-state index < -0.39 is 11.9 Å². The monoisotopic (exact) mass is 316 g/mol. The Kier molecular flexibility index (Phi) is 3.86. The molecular weight excluding hydrogens is 303 g/mol. The Balaban J connectivity index is 2.30. The van der Waals surface area contributed by atoms with Gasteiger partial charge in [0.25, 0.3) is 0 Å². The van der Waals surface area contributed by atoms with Gasteiger partial charge in [0.15, 0.2) is 0 Å². The molecule has 0 bridgehead atoms. The lowest BCUT2D eigenvalue weighted by molar-refractivity contribution is -0.142. The number of halogens is 3. The van der Waals surface area contributed by atoms with E-state index in [0.29, 0.717) is 22.7 Å². The standard InChI is InChI=1S/C18H13F3NO/c1-23-16-10-6-5-9-15(16)22-14(13-7-3-2-4-8-13)11-12-17(22)18(19,20)21/h2-10,12H,1H3. The third-order valence-corrected chi connectivity index (χ3v) is 3.47. The molecule has 0 saturated carbocycles. The van der Waals surface area contributed by atoms with Crippen molar-refractivity contribution in [2.45, 2.75) is 6.18 Å². The molecule has 0 unspecified atom stereocenters. The van der Waals surface area contributed by atoms with Crippen LogP contribution >= 0.6 is 0 Å². The molecule has 0 fully saturated rings. The molecule has 0 atom stereocenters. The van der Waals surface area contributed by atoms with Crippen molar-refractivity contribution in [3.8, 4) is 22.7 Å². The summed E-state index contributed by atoms with van der Waals surface area (Å²) >= 11 is 0. The highest BCUT2D eigenvalue weighted by Crippen LogP contribution is 2.38. The molecule has 3 aromatic rings. The van der Waals surface area contributed by atoms with Crippen LogP contribution in [0.4, 0.5) is 13.2 Å². The summed E-state index contributed by atoms with van der Waals surface area (Å²) in [7, 11) is 1.43. The van der Waals surface area contributed by atoms with Crippen LogP contribution in [0.2, 0.25) is 0 Å². The van der Waals surface area contributed by atoms with Crippen LogP contribution in [0.1, 0.15) is 5.69 Å². The summed E-state index contributed by atoms with van der Waals surface area (Å²) in [5.41, 5.74) is 0.514. The van der Waals surface area contributed by atoms with Gasteiger partial charge in [0.2, 0.25) is 0 Å². The topological polar surface area (TPSA) is 14.2 Å². The first-order valence-corrected chi connectivity index (χ1v) is 6.92. The third kappa shape index (κ3) is 2.82. The number of hydrogen-bond acceptors (Lipinski definition) is 1. The molecule has 3 rings (SSSR count). The van der Waals surface area contributed by atoms with Gasteiger partial charge in [0.05, 0.1) is 18.5 Å². The highest BCUT2D eigenvalue weighted by molar-refractivity contribution is 5.65. The molecule has 1 aromatic heterocycles. The molecule has 0 aliphatic rings. The van der Waals surface area contributed by atoms with E-state index in [4.69, 9.17) is 4.74 Å². The van der Waals surface area contributed by atoms with Crippen LogP contribution in [0.3, 0.4) is 0 Å². The van der Waals surface area contributed by atoms with Crippen LogP contribution in [-0.4, -0.2) is 11.7 Å². The van der Waals surface area contributed by atoms with Crippen molar-refractivity contribution >= 4 is 0 Å². The summed E-state index contributed by atoms with van der Waals surface area (Å²) in [5.74, 6) is 0.361. The summed E-state index contributed by atoms with van der Waals surface area (Å²) in [6.45, 7) is 0. The van der Waals surface area contributed by atoms with Crippen molar-refractivity contribution in [3.05, 3.63) is 72.4 Å². The molecule has 2 aromatic carbocycles. The number of benzene rings is 2. The molecule has 1 heterocycles. The van der Waals surface area contributed by atoms with Gasteiger partial charge in [0.1, 0.15) is 11.4 Å². The third-order valence-electron chi connectivity index (χ3n) is 3.47. The highest BCUT2D eigenvalue weighted by Gasteiger charge is 2.36. The van der Waals surface area contributed by atoms with Crippen molar-refractivity contribution in [3.63, 3.8) is 0 Å². The smallest absolute Gasteiger partial charge is 0.431 e. The van der Waals surface area contributed by atoms with Crippen LogP contribution in [0.15, 0.2) is 60.7 Å². The lowest BCUT2D eigenvalue weighted by atomic mass is 10.1. The van der Waals surface area contributed by atoms with Crippen molar-refractivity contribution < 1.29 is 17.9 Å². The van der Waals surface area contributed by atoms with E-state index in [1.165, 1.54) is 7.11 Å². The zero-order chi connectivity index (χ0) is 16.4. The van der Waals surface area contributed by atoms with E-state index in [1.54, 1.807) is 48.5 Å². The minimum atomic E-state index is -4.50. The molecule has 2 nitrogen and oxygen atoms in total. The summed E-state index contributed by atoms with van der Waals surface area (Å²) in [6.07, 6.45) is -4.50. The molecule has 5 heteroatoms. The van der Waals surface area contributed by atoms with E-state index in [1.807, 2.05) is 6.07 Å². The molecule has 0 spiro atoms. The molecule has 0 saturated heterocycles. The number of aromatic nitrogens is 1. The van der Waals surface area contributed by atoms with Gasteiger partial charge < -0.3 is 9.30 Å². The normalized spacial score (nSPS) is 11.5. The molecule has 117 valence electrons. The van der Waals surface area contributed by atoms with Crippen LogP contribution in [0.5, 0.6) is 5.75 Å². The number of methoxy groups -OCH3 is 1. The molecule has 0 aliphatic heterocycles. The molecule has 0 aliphatic carbocycles. The first-order valence-electron chi connectivity index (χ1n) is 6.92. The fourth-order valence-corrected chi connectivity index (χ4v) is 2.47. The van der Waals surface area contributed by atoms with Gasteiger partial charge in [-0.05, 0) is 23.8 Å². The summed E-state index contributed by atoms with van der Waals surface area (Å²) in [4.78, 5) is 0. The van der Waals surface area contributed by atoms with Gasteiger partial charge in [-0.3, -0.25) is 0 Å². The largest absolute Gasteiger partial charge is 0.495 e. The number of nitrogens with zero attached hydrogens (tertiary/aromatic N) is 1. The summed E-state index contributed by atoms with van der Waals surface area (Å²) in [5, 5.41) is 0. The molecular formula is C18H13F3NO. The van der Waals surface area contributed by atoms with E-state index in [-0.39, 0.29) is 0 Å². The SMILES string of the molecule is COc1ccccc1-n1c(-c2ccccc2)[c]cc1C(F)(F)F. The first kappa shape index (κ1) is 15.2. The molecule has 23 heavy (non-hydrogen) atoms. The van der Waals surface area contributed by atoms with Gasteiger partial charge in [0, 0.05) is 6.07 Å². The van der Waals surface area contributed by atoms with Crippen LogP contribution in [0, 0.1) is 6.07 Å². The fraction of sp³-hybridized carbons (Fsp3) is 0.111. The van der Waals surface area contributed by atoms with E-state index in [2.05, 4.69) is 6.07 Å². The van der Waals surface area contributed by atoms with Gasteiger partial charge in [-0.15, -0.1) is 0 Å². The predicted octanol–water partition coefficient (Wildman–Crippen LogP) is 4.97. The van der Waals surface area contributed by atoms with Crippen molar-refractivity contribution in [1.29, 1.82) is 0 Å². The first-order chi connectivity index (χ1) is 11.0. The Morgan fingerprint density at radius 1 is 0.957 bits per heavy atom. The minimum absolute atomic E-state index is 0.322. The number of para-hydroxylation sites is 2. The number of ether oxygens (including phenoxy) is 1. The van der Waals surface area contributed by atoms with E-state index >= 15 is 0 Å². The Morgan fingerprint density at radius 3 is 2.26 bits per heavy atom. The maximum atomic E-state index is 13.4. The summed E-state index contributed by atoms with van der Waals surface area (Å²) in [6, 6.07) is 19.2. The highest BCUT2D eigenvalue weighted by atomic mass is 19.4. The van der Waals surface area contributed by atoms with Crippen LogP contribution in [-0.2, 0) is 6.18 Å². The Bertz CT molecular complexity index is 807. The lowest BCUT2D eigenvalue weighted by Gasteiger charge is -2.18. The second kappa shape index (κ2) is 5.83. The van der Waals surface area contributed by atoms with Crippen molar-refractivity contribution in [2.24, 2.45) is 0 Å². The average molecular weight is 316 g/mol. The van der Waals surface area contributed by atoms with Gasteiger partial charge >= 0.3 is 6.18 Å². The van der Waals surface area contributed by atoms with E-state index in [9.17, 15) is 13.2 Å². The zero-order valence-electron chi connectivity index (χ0n) is 12.3. The maximum absolute atomic E-state index is 13.4. The van der Waals surface area contributed by atoms with Crippen LogP contribution in [0.25, 0.3) is 16.9 Å². The number of alkyl halides is 3. The van der Waals surface area contributed by atoms with Crippen LogP contribution < -0.4 is 4.74 Å². The van der Waals surface area contributed by atoms with Gasteiger partial charge in [-0.1, -0.05) is 42.5 Å². The quantitative estimate of drug-likeness (QED) is 0.665. The number of hydrogen-bond donors (Lipinski definition) is 0. The Labute approximate surface area is 131 Å². The Morgan fingerprint density at radius 2 is 1.61 bits per heavy atom. The van der Waals surface area contributed by atoms with Gasteiger partial charge in [-0.2, -0.15) is 13.2 Å². The van der Waals surface area contributed by atoms with E-state index in [0.717, 1.165) is 10.6 Å². The fourth-order valence-electron chi connectivity index (χ4n) is 2.47. The number of rotatable bonds is 3. The van der Waals surface area contributed by atoms with Crippen molar-refractivity contribution in [1.82, 2.24) is 4.57 Å². The zero-order valence-corrected chi connectivity index (χ0v) is 12.3. The second-order valence-electron chi connectivity index (χ2n) is 4.89. The average Bonchev–Trinajstić information content (AvgIpc) is 3.00. The molecule has 1 radical (unpaired) electrons. The maximum Gasteiger partial charge on any atom is 0.431 e. The minimum Gasteiger partial charge on any atom is -0.495 e. The molecule has 0 N–H and O–H groups in total. The van der Waals surface area contributed by atoms with Crippen molar-refractivity contribution in [2.75, 3.05) is 7.11 Å². The van der Waals surface area contributed by atoms with Gasteiger partial charge in [-0.25, -0.2) is 0 Å². The predicted molar refractivity (Wildman–Crippen MR) is 81.6 cm³/mol. The Hall–Kier alpha value is -2.69. The lowest BCUT2D eigenvalue weighted by Crippen LogP contribution is -2.13.